The van der Waals surface area contributed by atoms with Gasteiger partial charge < -0.3 is 16.2 Å². The molecule has 2 heterocycles. The van der Waals surface area contributed by atoms with Crippen molar-refractivity contribution < 1.29 is 5.11 Å². The van der Waals surface area contributed by atoms with E-state index in [1.165, 1.54) is 38.8 Å². The second-order valence-corrected chi connectivity index (χ2v) is 5.52. The summed E-state index contributed by atoms with van der Waals surface area (Å²) < 4.78 is 0. The fraction of sp³-hybridized carbons (Fsp3) is 1.00. The number of rotatable bonds is 6. The van der Waals surface area contributed by atoms with Gasteiger partial charge in [-0.05, 0) is 45.2 Å². The Morgan fingerprint density at radius 1 is 1.29 bits per heavy atom. The van der Waals surface area contributed by atoms with Crippen molar-refractivity contribution in [1.29, 1.82) is 0 Å². The number of nitrogens with one attached hydrogen (secondary N) is 1. The molecule has 2 saturated heterocycles. The zero-order valence-electron chi connectivity index (χ0n) is 10.8. The summed E-state index contributed by atoms with van der Waals surface area (Å²) in [7, 11) is 0. The molecule has 0 amide bonds. The molecule has 2 aliphatic heterocycles. The SMILES string of the molecule is NCC1(NCCCCO)CCN2CCCCC21. The fourth-order valence-electron chi connectivity index (χ4n) is 3.48. The van der Waals surface area contributed by atoms with Crippen LogP contribution in [0.15, 0.2) is 0 Å². The monoisotopic (exact) mass is 241 g/mol. The number of nitrogens with two attached hydrogens (primary N) is 1. The Labute approximate surface area is 105 Å². The Morgan fingerprint density at radius 2 is 2.18 bits per heavy atom. The van der Waals surface area contributed by atoms with Gasteiger partial charge in [0, 0.05) is 31.3 Å². The van der Waals surface area contributed by atoms with E-state index in [-0.39, 0.29) is 5.54 Å². The van der Waals surface area contributed by atoms with Crippen LogP contribution in [0.3, 0.4) is 0 Å². The average Bonchev–Trinajstić information content (AvgIpc) is 2.75. The molecule has 4 N–H and O–H groups in total. The van der Waals surface area contributed by atoms with Crippen LogP contribution in [0.1, 0.15) is 38.5 Å². The van der Waals surface area contributed by atoms with Crippen molar-refractivity contribution in [2.75, 3.05) is 32.8 Å². The predicted octanol–water partition coefficient (Wildman–Crippen LogP) is 0.304. The maximum Gasteiger partial charge on any atom is 0.0473 e. The molecular formula is C13H27N3O. The van der Waals surface area contributed by atoms with E-state index in [0.29, 0.717) is 12.6 Å². The second kappa shape index (κ2) is 6.14. The first-order valence-electron chi connectivity index (χ1n) is 7.12. The van der Waals surface area contributed by atoms with Gasteiger partial charge >= 0.3 is 0 Å². The quantitative estimate of drug-likeness (QED) is 0.586. The van der Waals surface area contributed by atoms with Crippen LogP contribution >= 0.6 is 0 Å². The Morgan fingerprint density at radius 3 is 2.94 bits per heavy atom. The number of unbranched alkanes of at least 4 members (excludes halogenated alkanes) is 1. The minimum Gasteiger partial charge on any atom is -0.396 e. The summed E-state index contributed by atoms with van der Waals surface area (Å²) in [5, 5.41) is 12.5. The van der Waals surface area contributed by atoms with Gasteiger partial charge in [-0.15, -0.1) is 0 Å². The molecule has 2 fully saturated rings. The van der Waals surface area contributed by atoms with Crippen molar-refractivity contribution in [3.63, 3.8) is 0 Å². The van der Waals surface area contributed by atoms with E-state index >= 15 is 0 Å². The summed E-state index contributed by atoms with van der Waals surface area (Å²) in [4.78, 5) is 2.62. The predicted molar refractivity (Wildman–Crippen MR) is 69.9 cm³/mol. The van der Waals surface area contributed by atoms with Crippen LogP contribution in [0.5, 0.6) is 0 Å². The molecule has 0 aromatic heterocycles. The molecule has 17 heavy (non-hydrogen) atoms. The van der Waals surface area contributed by atoms with Crippen LogP contribution in [0, 0.1) is 0 Å². The molecule has 0 aromatic carbocycles. The van der Waals surface area contributed by atoms with Crippen molar-refractivity contribution in [2.45, 2.75) is 50.1 Å². The largest absolute Gasteiger partial charge is 0.396 e. The van der Waals surface area contributed by atoms with Crippen LogP contribution in [0.4, 0.5) is 0 Å². The molecule has 2 unspecified atom stereocenters. The van der Waals surface area contributed by atoms with Crippen LogP contribution < -0.4 is 11.1 Å². The van der Waals surface area contributed by atoms with E-state index in [1.54, 1.807) is 0 Å². The first kappa shape index (κ1) is 13.3. The molecule has 0 radical (unpaired) electrons. The van der Waals surface area contributed by atoms with Crippen LogP contribution in [-0.2, 0) is 0 Å². The van der Waals surface area contributed by atoms with Gasteiger partial charge in [0.1, 0.15) is 0 Å². The van der Waals surface area contributed by atoms with E-state index in [0.717, 1.165) is 25.9 Å². The van der Waals surface area contributed by atoms with Crippen LogP contribution in [0.25, 0.3) is 0 Å². The molecule has 100 valence electrons. The summed E-state index contributed by atoms with van der Waals surface area (Å²) in [6.45, 7) is 4.49. The standard InChI is InChI=1S/C13H27N3O/c14-11-13(15-7-2-4-10-17)6-9-16-8-3-1-5-12(13)16/h12,15,17H,1-11,14H2. The van der Waals surface area contributed by atoms with Gasteiger partial charge in [0.05, 0.1) is 0 Å². The number of aliphatic hydroxyl groups is 1. The fourth-order valence-corrected chi connectivity index (χ4v) is 3.48. The summed E-state index contributed by atoms with van der Waals surface area (Å²) in [5.41, 5.74) is 6.20. The Bertz CT molecular complexity index is 237. The zero-order valence-corrected chi connectivity index (χ0v) is 10.8. The third-order valence-electron chi connectivity index (χ3n) is 4.52. The number of hydrogen-bond acceptors (Lipinski definition) is 4. The van der Waals surface area contributed by atoms with Gasteiger partial charge in [-0.2, -0.15) is 0 Å². The molecule has 0 saturated carbocycles. The Balaban J connectivity index is 1.89. The summed E-state index contributed by atoms with van der Waals surface area (Å²) in [5.74, 6) is 0. The van der Waals surface area contributed by atoms with Crippen molar-refractivity contribution in [3.05, 3.63) is 0 Å². The molecule has 4 nitrogen and oxygen atoms in total. The average molecular weight is 241 g/mol. The van der Waals surface area contributed by atoms with Crippen molar-refractivity contribution in [1.82, 2.24) is 10.2 Å². The number of nitrogens with zero attached hydrogens (tertiary/aromatic N) is 1. The van der Waals surface area contributed by atoms with E-state index in [2.05, 4.69) is 10.2 Å². The second-order valence-electron chi connectivity index (χ2n) is 5.52. The third kappa shape index (κ3) is 2.81. The lowest BCUT2D eigenvalue weighted by Crippen LogP contribution is -2.60. The minimum absolute atomic E-state index is 0.149. The van der Waals surface area contributed by atoms with Crippen LogP contribution in [-0.4, -0.2) is 54.4 Å². The summed E-state index contributed by atoms with van der Waals surface area (Å²) in [6, 6.07) is 0.648. The van der Waals surface area contributed by atoms with E-state index in [4.69, 9.17) is 10.8 Å². The van der Waals surface area contributed by atoms with Gasteiger partial charge in [0.25, 0.3) is 0 Å². The number of hydrogen-bond donors (Lipinski definition) is 3. The van der Waals surface area contributed by atoms with Crippen LogP contribution in [0.2, 0.25) is 0 Å². The number of piperidine rings is 1. The Hall–Kier alpha value is -0.160. The third-order valence-corrected chi connectivity index (χ3v) is 4.52. The van der Waals surface area contributed by atoms with Crippen molar-refractivity contribution in [2.24, 2.45) is 5.73 Å². The topological polar surface area (TPSA) is 61.5 Å². The van der Waals surface area contributed by atoms with E-state index in [1.807, 2.05) is 0 Å². The van der Waals surface area contributed by atoms with Gasteiger partial charge in [-0.1, -0.05) is 6.42 Å². The Kier molecular flexibility index (Phi) is 4.79. The van der Waals surface area contributed by atoms with Crippen molar-refractivity contribution in [3.8, 4) is 0 Å². The molecule has 0 bridgehead atoms. The highest BCUT2D eigenvalue weighted by Crippen LogP contribution is 2.34. The zero-order chi connectivity index (χ0) is 12.1. The lowest BCUT2D eigenvalue weighted by atomic mass is 9.85. The molecule has 0 aromatic rings. The molecular weight excluding hydrogens is 214 g/mol. The lowest BCUT2D eigenvalue weighted by Gasteiger charge is -2.41. The molecule has 4 heteroatoms. The van der Waals surface area contributed by atoms with E-state index < -0.39 is 0 Å². The normalized spacial score (nSPS) is 33.9. The molecule has 0 aliphatic carbocycles. The van der Waals surface area contributed by atoms with Crippen molar-refractivity contribution >= 4 is 0 Å². The highest BCUT2D eigenvalue weighted by molar-refractivity contribution is 5.07. The lowest BCUT2D eigenvalue weighted by molar-refractivity contribution is 0.140. The summed E-state index contributed by atoms with van der Waals surface area (Å²) in [6.07, 6.45) is 7.12. The minimum atomic E-state index is 0.149. The molecule has 2 atom stereocenters. The number of fused-ring (bicyclic) bond motifs is 1. The van der Waals surface area contributed by atoms with Gasteiger partial charge in [-0.25, -0.2) is 0 Å². The maximum absolute atomic E-state index is 8.81. The summed E-state index contributed by atoms with van der Waals surface area (Å²) >= 11 is 0. The van der Waals surface area contributed by atoms with E-state index in [9.17, 15) is 0 Å². The molecule has 0 spiro atoms. The first-order chi connectivity index (χ1) is 8.32. The molecule has 2 aliphatic rings. The first-order valence-corrected chi connectivity index (χ1v) is 7.12. The highest BCUT2D eigenvalue weighted by atomic mass is 16.2. The smallest absolute Gasteiger partial charge is 0.0473 e. The van der Waals surface area contributed by atoms with Gasteiger partial charge in [0.15, 0.2) is 0 Å². The number of aliphatic hydroxyl groups excluding tert-OH is 1. The molecule has 2 rings (SSSR count). The maximum atomic E-state index is 8.81. The van der Waals surface area contributed by atoms with Gasteiger partial charge in [-0.3, -0.25) is 4.90 Å². The van der Waals surface area contributed by atoms with Gasteiger partial charge in [0.2, 0.25) is 0 Å². The highest BCUT2D eigenvalue weighted by Gasteiger charge is 2.46.